The fourth-order valence-electron chi connectivity index (χ4n) is 1.42. The third kappa shape index (κ3) is 3.16. The van der Waals surface area contributed by atoms with Crippen molar-refractivity contribution in [1.82, 2.24) is 0 Å². The normalized spacial score (nSPS) is 32.2. The van der Waals surface area contributed by atoms with Crippen LogP contribution in [0.3, 0.4) is 0 Å². The molecule has 0 aromatic heterocycles. The first-order valence-electron chi connectivity index (χ1n) is 4.28. The summed E-state index contributed by atoms with van der Waals surface area (Å²) in [5.74, 6) is 0. The van der Waals surface area contributed by atoms with E-state index in [1.165, 1.54) is 0 Å². The minimum atomic E-state index is -0.590. The Labute approximate surface area is 66.9 Å². The molecule has 0 radical (unpaired) electrons. The predicted octanol–water partition coefficient (Wildman–Crippen LogP) is 1.24. The highest BCUT2D eigenvalue weighted by molar-refractivity contribution is 4.71. The van der Waals surface area contributed by atoms with E-state index in [1.54, 1.807) is 0 Å². The summed E-state index contributed by atoms with van der Waals surface area (Å²) in [4.78, 5) is 0. The average Bonchev–Trinajstić information content (AvgIpc) is 2.04. The van der Waals surface area contributed by atoms with Gasteiger partial charge in [0.05, 0.1) is 12.7 Å². The van der Waals surface area contributed by atoms with Gasteiger partial charge in [-0.05, 0) is 25.7 Å². The molecule has 1 rings (SSSR count). The van der Waals surface area contributed by atoms with Crippen LogP contribution in [-0.2, 0) is 4.74 Å². The Balaban J connectivity index is 2.07. The predicted molar refractivity (Wildman–Crippen MR) is 42.2 cm³/mol. The van der Waals surface area contributed by atoms with Crippen molar-refractivity contribution in [2.75, 3.05) is 13.2 Å². The molecule has 66 valence electrons. The molecule has 0 unspecified atom stereocenters. The summed E-state index contributed by atoms with van der Waals surface area (Å²) in [6.45, 7) is 1.18. The maximum Gasteiger partial charge on any atom is 0.100 e. The van der Waals surface area contributed by atoms with Crippen molar-refractivity contribution in [1.29, 1.82) is 0 Å². The Kier molecular flexibility index (Phi) is 3.80. The summed E-state index contributed by atoms with van der Waals surface area (Å²) in [6, 6.07) is 0. The monoisotopic (exact) mass is 161 g/mol. The standard InChI is InChI=1S/C8H16FNO/c9-7-1-3-8(4-2-7)11-6-5-10/h7-8H,1-6,10H2. The van der Waals surface area contributed by atoms with Crippen LogP contribution in [0.5, 0.6) is 0 Å². The fourth-order valence-corrected chi connectivity index (χ4v) is 1.42. The van der Waals surface area contributed by atoms with E-state index in [0.717, 1.165) is 12.8 Å². The van der Waals surface area contributed by atoms with Crippen molar-refractivity contribution >= 4 is 0 Å². The molecule has 0 spiro atoms. The van der Waals surface area contributed by atoms with Crippen LogP contribution in [0, 0.1) is 0 Å². The lowest BCUT2D eigenvalue weighted by Gasteiger charge is -2.23. The van der Waals surface area contributed by atoms with Gasteiger partial charge in [0.15, 0.2) is 0 Å². The van der Waals surface area contributed by atoms with E-state index < -0.39 is 6.17 Å². The highest BCUT2D eigenvalue weighted by Crippen LogP contribution is 2.22. The first-order valence-corrected chi connectivity index (χ1v) is 4.28. The number of halogens is 1. The van der Waals surface area contributed by atoms with Gasteiger partial charge in [-0.2, -0.15) is 0 Å². The zero-order chi connectivity index (χ0) is 8.10. The molecule has 1 aliphatic carbocycles. The number of rotatable bonds is 3. The van der Waals surface area contributed by atoms with Crippen LogP contribution in [-0.4, -0.2) is 25.4 Å². The van der Waals surface area contributed by atoms with Crippen molar-refractivity contribution < 1.29 is 9.13 Å². The van der Waals surface area contributed by atoms with Crippen molar-refractivity contribution in [2.45, 2.75) is 38.0 Å². The second-order valence-corrected chi connectivity index (χ2v) is 3.03. The molecule has 1 fully saturated rings. The largest absolute Gasteiger partial charge is 0.377 e. The zero-order valence-corrected chi connectivity index (χ0v) is 6.76. The van der Waals surface area contributed by atoms with Crippen LogP contribution < -0.4 is 5.73 Å². The van der Waals surface area contributed by atoms with E-state index >= 15 is 0 Å². The maximum atomic E-state index is 12.6. The zero-order valence-electron chi connectivity index (χ0n) is 6.76. The van der Waals surface area contributed by atoms with E-state index in [0.29, 0.717) is 26.0 Å². The Hall–Kier alpha value is -0.150. The lowest BCUT2D eigenvalue weighted by molar-refractivity contribution is 0.0173. The van der Waals surface area contributed by atoms with Gasteiger partial charge in [-0.15, -0.1) is 0 Å². The van der Waals surface area contributed by atoms with Crippen molar-refractivity contribution in [3.05, 3.63) is 0 Å². The summed E-state index contributed by atoms with van der Waals surface area (Å²) >= 11 is 0. The molecule has 0 aliphatic heterocycles. The maximum absolute atomic E-state index is 12.6. The highest BCUT2D eigenvalue weighted by Gasteiger charge is 2.20. The van der Waals surface area contributed by atoms with Crippen LogP contribution in [0.4, 0.5) is 4.39 Å². The van der Waals surface area contributed by atoms with Crippen molar-refractivity contribution in [3.63, 3.8) is 0 Å². The summed E-state index contributed by atoms with van der Waals surface area (Å²) in [5.41, 5.74) is 5.27. The molecule has 3 heteroatoms. The van der Waals surface area contributed by atoms with Gasteiger partial charge in [-0.25, -0.2) is 4.39 Å². The Morgan fingerprint density at radius 3 is 2.45 bits per heavy atom. The van der Waals surface area contributed by atoms with Gasteiger partial charge in [-0.3, -0.25) is 0 Å². The van der Waals surface area contributed by atoms with E-state index in [9.17, 15) is 4.39 Å². The second kappa shape index (κ2) is 4.67. The Morgan fingerprint density at radius 2 is 1.91 bits per heavy atom. The molecule has 0 aromatic carbocycles. The molecule has 0 atom stereocenters. The van der Waals surface area contributed by atoms with Gasteiger partial charge < -0.3 is 10.5 Å². The number of hydrogen-bond acceptors (Lipinski definition) is 2. The number of hydrogen-bond donors (Lipinski definition) is 1. The SMILES string of the molecule is NCCOC1CCC(F)CC1. The van der Waals surface area contributed by atoms with Crippen LogP contribution in [0.2, 0.25) is 0 Å². The first kappa shape index (κ1) is 8.94. The average molecular weight is 161 g/mol. The van der Waals surface area contributed by atoms with Gasteiger partial charge in [0.2, 0.25) is 0 Å². The Morgan fingerprint density at radius 1 is 1.27 bits per heavy atom. The van der Waals surface area contributed by atoms with Crippen molar-refractivity contribution in [3.8, 4) is 0 Å². The topological polar surface area (TPSA) is 35.2 Å². The molecule has 1 aliphatic rings. The second-order valence-electron chi connectivity index (χ2n) is 3.03. The van der Waals surface area contributed by atoms with E-state index in [4.69, 9.17) is 10.5 Å². The fraction of sp³-hybridized carbons (Fsp3) is 1.00. The van der Waals surface area contributed by atoms with E-state index in [2.05, 4.69) is 0 Å². The number of ether oxygens (including phenoxy) is 1. The van der Waals surface area contributed by atoms with Gasteiger partial charge in [-0.1, -0.05) is 0 Å². The summed E-state index contributed by atoms with van der Waals surface area (Å²) in [7, 11) is 0. The minimum Gasteiger partial charge on any atom is -0.377 e. The molecular weight excluding hydrogens is 145 g/mol. The molecule has 2 nitrogen and oxygen atoms in total. The minimum absolute atomic E-state index is 0.269. The van der Waals surface area contributed by atoms with Crippen LogP contribution in [0.1, 0.15) is 25.7 Å². The summed E-state index contributed by atoms with van der Waals surface area (Å²) < 4.78 is 18.0. The molecule has 0 aromatic rings. The van der Waals surface area contributed by atoms with Gasteiger partial charge in [0.1, 0.15) is 6.17 Å². The summed E-state index contributed by atoms with van der Waals surface area (Å²) in [5, 5.41) is 0. The molecule has 0 saturated heterocycles. The van der Waals surface area contributed by atoms with Crippen LogP contribution in [0.25, 0.3) is 0 Å². The van der Waals surface area contributed by atoms with E-state index in [1.807, 2.05) is 0 Å². The molecule has 0 heterocycles. The first-order chi connectivity index (χ1) is 5.33. The molecular formula is C8H16FNO. The molecule has 0 amide bonds. The van der Waals surface area contributed by atoms with Gasteiger partial charge in [0.25, 0.3) is 0 Å². The third-order valence-electron chi connectivity index (χ3n) is 2.08. The van der Waals surface area contributed by atoms with E-state index in [-0.39, 0.29) is 6.10 Å². The van der Waals surface area contributed by atoms with Crippen molar-refractivity contribution in [2.24, 2.45) is 5.73 Å². The highest BCUT2D eigenvalue weighted by atomic mass is 19.1. The lowest BCUT2D eigenvalue weighted by atomic mass is 9.96. The smallest absolute Gasteiger partial charge is 0.100 e. The van der Waals surface area contributed by atoms with Crippen LogP contribution in [0.15, 0.2) is 0 Å². The number of alkyl halides is 1. The molecule has 11 heavy (non-hydrogen) atoms. The summed E-state index contributed by atoms with van der Waals surface area (Å²) in [6.07, 6.45) is 2.73. The lowest BCUT2D eigenvalue weighted by Crippen LogP contribution is -2.24. The molecule has 0 bridgehead atoms. The number of nitrogens with two attached hydrogens (primary N) is 1. The van der Waals surface area contributed by atoms with Gasteiger partial charge in [0, 0.05) is 6.54 Å². The van der Waals surface area contributed by atoms with Gasteiger partial charge >= 0.3 is 0 Å². The third-order valence-corrected chi connectivity index (χ3v) is 2.08. The van der Waals surface area contributed by atoms with Crippen LogP contribution >= 0.6 is 0 Å². The molecule has 1 saturated carbocycles. The molecule has 2 N–H and O–H groups in total. The Bertz CT molecular complexity index is 99.5. The quantitative estimate of drug-likeness (QED) is 0.676.